The van der Waals surface area contributed by atoms with E-state index in [2.05, 4.69) is 5.32 Å². The Bertz CT molecular complexity index is 799. The van der Waals surface area contributed by atoms with Gasteiger partial charge < -0.3 is 15.0 Å². The first-order chi connectivity index (χ1) is 12.0. The van der Waals surface area contributed by atoms with Crippen LogP contribution in [0.2, 0.25) is 0 Å². The Kier molecular flexibility index (Phi) is 4.74. The number of fused-ring (bicyclic) bond motifs is 1. The standard InChI is InChI=1S/C20H22N2O3/c1-13-4-7-17(8-5-13)21-20(24)14(2)22-10-11-25-19-9-6-16(15(3)23)12-18(19)22/h4-9,12,14H,10-11H2,1-3H3,(H,21,24). The molecule has 0 bridgehead atoms. The van der Waals surface area contributed by atoms with Crippen LogP contribution in [0, 0.1) is 6.92 Å². The van der Waals surface area contributed by atoms with Gasteiger partial charge in [-0.05, 0) is 51.1 Å². The number of hydrogen-bond donors (Lipinski definition) is 1. The molecule has 0 spiro atoms. The van der Waals surface area contributed by atoms with Crippen LogP contribution in [0.15, 0.2) is 42.5 Å². The topological polar surface area (TPSA) is 58.6 Å². The van der Waals surface area contributed by atoms with E-state index in [1.807, 2.05) is 43.0 Å². The third-order valence-electron chi connectivity index (χ3n) is 4.43. The highest BCUT2D eigenvalue weighted by Crippen LogP contribution is 2.34. The van der Waals surface area contributed by atoms with Gasteiger partial charge in [-0.25, -0.2) is 0 Å². The van der Waals surface area contributed by atoms with E-state index in [1.54, 1.807) is 18.2 Å². The second-order valence-electron chi connectivity index (χ2n) is 6.31. The van der Waals surface area contributed by atoms with Crippen LogP contribution in [0.1, 0.15) is 29.8 Å². The number of amides is 1. The fourth-order valence-corrected chi connectivity index (χ4v) is 2.88. The van der Waals surface area contributed by atoms with Gasteiger partial charge in [0, 0.05) is 11.3 Å². The van der Waals surface area contributed by atoms with Gasteiger partial charge in [-0.3, -0.25) is 9.59 Å². The van der Waals surface area contributed by atoms with Crippen molar-refractivity contribution in [2.75, 3.05) is 23.4 Å². The molecule has 1 N–H and O–H groups in total. The number of Topliss-reactive ketones (excluding diaryl/α,β-unsaturated/α-hetero) is 1. The molecule has 0 saturated heterocycles. The molecule has 5 heteroatoms. The summed E-state index contributed by atoms with van der Waals surface area (Å²) >= 11 is 0. The van der Waals surface area contributed by atoms with Gasteiger partial charge >= 0.3 is 0 Å². The fourth-order valence-electron chi connectivity index (χ4n) is 2.88. The summed E-state index contributed by atoms with van der Waals surface area (Å²) in [6, 6.07) is 12.7. The van der Waals surface area contributed by atoms with Gasteiger partial charge in [0.25, 0.3) is 0 Å². The second-order valence-corrected chi connectivity index (χ2v) is 6.31. The maximum atomic E-state index is 12.7. The summed E-state index contributed by atoms with van der Waals surface area (Å²) in [6.07, 6.45) is 0. The molecular weight excluding hydrogens is 316 g/mol. The van der Waals surface area contributed by atoms with E-state index in [0.717, 1.165) is 16.9 Å². The summed E-state index contributed by atoms with van der Waals surface area (Å²) in [7, 11) is 0. The first-order valence-corrected chi connectivity index (χ1v) is 8.37. The number of carbonyl (C=O) groups is 2. The van der Waals surface area contributed by atoms with Gasteiger partial charge in [0.05, 0.1) is 12.2 Å². The van der Waals surface area contributed by atoms with Gasteiger partial charge in [-0.1, -0.05) is 17.7 Å². The highest BCUT2D eigenvalue weighted by atomic mass is 16.5. The van der Waals surface area contributed by atoms with Crippen LogP contribution >= 0.6 is 0 Å². The number of benzene rings is 2. The molecule has 0 aliphatic carbocycles. The van der Waals surface area contributed by atoms with E-state index in [-0.39, 0.29) is 17.7 Å². The number of nitrogens with one attached hydrogen (secondary N) is 1. The first kappa shape index (κ1) is 17.0. The predicted molar refractivity (Wildman–Crippen MR) is 98.6 cm³/mol. The van der Waals surface area contributed by atoms with Gasteiger partial charge in [-0.15, -0.1) is 0 Å². The van der Waals surface area contributed by atoms with Crippen molar-refractivity contribution >= 4 is 23.1 Å². The van der Waals surface area contributed by atoms with Crippen LogP contribution in [0.5, 0.6) is 5.75 Å². The number of anilines is 2. The van der Waals surface area contributed by atoms with E-state index < -0.39 is 0 Å². The van der Waals surface area contributed by atoms with Crippen molar-refractivity contribution in [3.05, 3.63) is 53.6 Å². The van der Waals surface area contributed by atoms with E-state index in [1.165, 1.54) is 6.92 Å². The number of nitrogens with zero attached hydrogens (tertiary/aromatic N) is 1. The number of aryl methyl sites for hydroxylation is 1. The lowest BCUT2D eigenvalue weighted by molar-refractivity contribution is -0.117. The van der Waals surface area contributed by atoms with E-state index >= 15 is 0 Å². The Morgan fingerprint density at radius 1 is 1.16 bits per heavy atom. The first-order valence-electron chi connectivity index (χ1n) is 8.37. The molecule has 2 aromatic carbocycles. The lowest BCUT2D eigenvalue weighted by Gasteiger charge is -2.35. The molecule has 1 aliphatic heterocycles. The predicted octanol–water partition coefficient (Wildman–Crippen LogP) is 3.42. The SMILES string of the molecule is CC(=O)c1ccc2c(c1)N(C(C)C(=O)Nc1ccc(C)cc1)CCO2. The van der Waals surface area contributed by atoms with E-state index in [4.69, 9.17) is 4.74 Å². The van der Waals surface area contributed by atoms with E-state index in [0.29, 0.717) is 24.5 Å². The Morgan fingerprint density at radius 2 is 1.88 bits per heavy atom. The van der Waals surface area contributed by atoms with Crippen molar-refractivity contribution in [2.45, 2.75) is 26.8 Å². The van der Waals surface area contributed by atoms with Crippen molar-refractivity contribution in [3.8, 4) is 5.75 Å². The van der Waals surface area contributed by atoms with Crippen molar-refractivity contribution in [3.63, 3.8) is 0 Å². The number of hydrogen-bond acceptors (Lipinski definition) is 4. The highest BCUT2D eigenvalue weighted by Gasteiger charge is 2.27. The molecule has 1 amide bonds. The zero-order valence-corrected chi connectivity index (χ0v) is 14.7. The smallest absolute Gasteiger partial charge is 0.246 e. The third kappa shape index (κ3) is 3.65. The summed E-state index contributed by atoms with van der Waals surface area (Å²) in [6.45, 7) is 6.50. The molecule has 25 heavy (non-hydrogen) atoms. The summed E-state index contributed by atoms with van der Waals surface area (Å²) in [4.78, 5) is 26.3. The summed E-state index contributed by atoms with van der Waals surface area (Å²) in [5.74, 6) is 0.598. The van der Waals surface area contributed by atoms with Crippen LogP contribution in [0.4, 0.5) is 11.4 Å². The molecule has 1 atom stereocenters. The Morgan fingerprint density at radius 3 is 2.56 bits per heavy atom. The molecular formula is C20H22N2O3. The summed E-state index contributed by atoms with van der Waals surface area (Å²) in [5, 5.41) is 2.95. The minimum atomic E-state index is -0.383. The Hall–Kier alpha value is -2.82. The van der Waals surface area contributed by atoms with Gasteiger partial charge in [0.2, 0.25) is 5.91 Å². The summed E-state index contributed by atoms with van der Waals surface area (Å²) in [5.41, 5.74) is 3.31. The number of carbonyl (C=O) groups excluding carboxylic acids is 2. The molecule has 1 aliphatic rings. The molecule has 2 aromatic rings. The van der Waals surface area contributed by atoms with Crippen molar-refractivity contribution in [2.24, 2.45) is 0 Å². The normalized spacial score (nSPS) is 14.3. The Balaban J connectivity index is 1.82. The number of rotatable bonds is 4. The number of ether oxygens (including phenoxy) is 1. The fraction of sp³-hybridized carbons (Fsp3) is 0.300. The van der Waals surface area contributed by atoms with Gasteiger partial charge in [0.15, 0.2) is 5.78 Å². The molecule has 0 radical (unpaired) electrons. The zero-order valence-electron chi connectivity index (χ0n) is 14.7. The molecule has 0 aromatic heterocycles. The van der Waals surface area contributed by atoms with Crippen molar-refractivity contribution < 1.29 is 14.3 Å². The van der Waals surface area contributed by atoms with Crippen LogP contribution in [0.25, 0.3) is 0 Å². The highest BCUT2D eigenvalue weighted by molar-refractivity contribution is 5.98. The van der Waals surface area contributed by atoms with Crippen LogP contribution < -0.4 is 15.0 Å². The summed E-state index contributed by atoms with van der Waals surface area (Å²) < 4.78 is 5.67. The molecule has 3 rings (SSSR count). The largest absolute Gasteiger partial charge is 0.490 e. The van der Waals surface area contributed by atoms with E-state index in [9.17, 15) is 9.59 Å². The van der Waals surface area contributed by atoms with Crippen molar-refractivity contribution in [1.29, 1.82) is 0 Å². The van der Waals surface area contributed by atoms with Gasteiger partial charge in [-0.2, -0.15) is 0 Å². The van der Waals surface area contributed by atoms with Crippen LogP contribution in [0.3, 0.4) is 0 Å². The number of ketones is 1. The monoisotopic (exact) mass is 338 g/mol. The second kappa shape index (κ2) is 6.97. The van der Waals surface area contributed by atoms with Gasteiger partial charge in [0.1, 0.15) is 18.4 Å². The maximum Gasteiger partial charge on any atom is 0.246 e. The zero-order chi connectivity index (χ0) is 18.0. The Labute approximate surface area is 147 Å². The minimum absolute atomic E-state index is 0.00918. The lowest BCUT2D eigenvalue weighted by Crippen LogP contribution is -2.46. The molecule has 1 unspecified atom stereocenters. The molecule has 130 valence electrons. The average molecular weight is 338 g/mol. The third-order valence-corrected chi connectivity index (χ3v) is 4.43. The maximum absolute atomic E-state index is 12.7. The minimum Gasteiger partial charge on any atom is -0.490 e. The van der Waals surface area contributed by atoms with Crippen LogP contribution in [-0.4, -0.2) is 30.9 Å². The lowest BCUT2D eigenvalue weighted by atomic mass is 10.1. The quantitative estimate of drug-likeness (QED) is 0.868. The average Bonchev–Trinajstić information content (AvgIpc) is 2.62. The molecule has 0 fully saturated rings. The molecule has 1 heterocycles. The van der Waals surface area contributed by atoms with Crippen LogP contribution in [-0.2, 0) is 4.79 Å². The molecule has 5 nitrogen and oxygen atoms in total. The van der Waals surface area contributed by atoms with Crippen molar-refractivity contribution in [1.82, 2.24) is 0 Å². The molecule has 0 saturated carbocycles.